The Hall–Kier alpha value is -2.47. The Morgan fingerprint density at radius 2 is 1.70 bits per heavy atom. The Labute approximate surface area is 158 Å². The monoisotopic (exact) mass is 374 g/mol. The first-order chi connectivity index (χ1) is 13.1. The summed E-state index contributed by atoms with van der Waals surface area (Å²) in [6.45, 7) is 2.46. The van der Waals surface area contributed by atoms with Crippen LogP contribution >= 0.6 is 0 Å². The van der Waals surface area contributed by atoms with E-state index in [0.29, 0.717) is 24.3 Å². The molecule has 27 heavy (non-hydrogen) atoms. The summed E-state index contributed by atoms with van der Waals surface area (Å²) in [6, 6.07) is 12.9. The molecule has 0 spiro atoms. The van der Waals surface area contributed by atoms with Crippen molar-refractivity contribution in [2.45, 2.75) is 31.9 Å². The fourth-order valence-corrected chi connectivity index (χ4v) is 3.15. The summed E-state index contributed by atoms with van der Waals surface area (Å²) in [5.74, 6) is -0.451. The van der Waals surface area contributed by atoms with Crippen molar-refractivity contribution in [3.8, 4) is 5.75 Å². The van der Waals surface area contributed by atoms with Gasteiger partial charge in [0.2, 0.25) is 5.91 Å². The van der Waals surface area contributed by atoms with Gasteiger partial charge in [-0.15, -0.1) is 0 Å². The molecular formula is C21H24F2N2O2. The Bertz CT molecular complexity index is 761. The number of nitrogens with zero attached hydrogens (tertiary/aromatic N) is 1. The van der Waals surface area contributed by atoms with Crippen molar-refractivity contribution in [2.75, 3.05) is 19.6 Å². The van der Waals surface area contributed by atoms with E-state index < -0.39 is 0 Å². The minimum absolute atomic E-state index is 0.00645. The molecule has 1 heterocycles. The average molecular weight is 374 g/mol. The molecule has 0 saturated carbocycles. The van der Waals surface area contributed by atoms with Gasteiger partial charge < -0.3 is 15.0 Å². The van der Waals surface area contributed by atoms with Gasteiger partial charge in [0, 0.05) is 38.2 Å². The molecule has 0 bridgehead atoms. The third kappa shape index (κ3) is 5.76. The highest BCUT2D eigenvalue weighted by Gasteiger charge is 2.21. The minimum Gasteiger partial charge on any atom is -0.487 e. The van der Waals surface area contributed by atoms with Crippen molar-refractivity contribution in [1.29, 1.82) is 0 Å². The number of rotatable bonds is 7. The van der Waals surface area contributed by atoms with E-state index in [-0.39, 0.29) is 30.2 Å². The number of amides is 1. The van der Waals surface area contributed by atoms with Crippen LogP contribution in [0.4, 0.5) is 8.78 Å². The van der Waals surface area contributed by atoms with Crippen LogP contribution in [0.3, 0.4) is 0 Å². The van der Waals surface area contributed by atoms with Gasteiger partial charge in [-0.1, -0.05) is 30.3 Å². The van der Waals surface area contributed by atoms with Crippen LogP contribution in [0.1, 0.15) is 24.8 Å². The first kappa shape index (κ1) is 19.3. The van der Waals surface area contributed by atoms with E-state index in [2.05, 4.69) is 10.2 Å². The summed E-state index contributed by atoms with van der Waals surface area (Å²) < 4.78 is 32.9. The fourth-order valence-electron chi connectivity index (χ4n) is 3.15. The molecule has 3 rings (SSSR count). The highest BCUT2D eigenvalue weighted by atomic mass is 19.1. The SMILES string of the molecule is O=C(CCN1CCC(Oc2ccccc2F)CC1)NCc1ccccc1F. The molecule has 1 amide bonds. The van der Waals surface area contributed by atoms with Crippen LogP contribution in [0.15, 0.2) is 48.5 Å². The number of likely N-dealkylation sites (tertiary alicyclic amines) is 1. The first-order valence-electron chi connectivity index (χ1n) is 9.25. The number of hydrogen-bond donors (Lipinski definition) is 1. The lowest BCUT2D eigenvalue weighted by molar-refractivity contribution is -0.121. The van der Waals surface area contributed by atoms with Gasteiger partial charge in [0.1, 0.15) is 11.9 Å². The van der Waals surface area contributed by atoms with Crippen LogP contribution in [-0.2, 0) is 11.3 Å². The minimum atomic E-state index is -0.341. The van der Waals surface area contributed by atoms with Crippen molar-refractivity contribution >= 4 is 5.91 Å². The molecule has 0 atom stereocenters. The average Bonchev–Trinajstić information content (AvgIpc) is 2.68. The number of benzene rings is 2. The molecule has 6 heteroatoms. The Morgan fingerprint density at radius 3 is 2.41 bits per heavy atom. The van der Waals surface area contributed by atoms with E-state index in [1.54, 1.807) is 36.4 Å². The van der Waals surface area contributed by atoms with E-state index in [1.807, 2.05) is 0 Å². The predicted octanol–water partition coefficient (Wildman–Crippen LogP) is 3.51. The zero-order chi connectivity index (χ0) is 19.1. The number of nitrogens with one attached hydrogen (secondary N) is 1. The maximum Gasteiger partial charge on any atom is 0.221 e. The van der Waals surface area contributed by atoms with Gasteiger partial charge in [0.25, 0.3) is 0 Å². The number of piperidine rings is 1. The van der Waals surface area contributed by atoms with E-state index in [4.69, 9.17) is 4.74 Å². The number of carbonyl (C=O) groups is 1. The highest BCUT2D eigenvalue weighted by molar-refractivity contribution is 5.76. The van der Waals surface area contributed by atoms with E-state index in [0.717, 1.165) is 25.9 Å². The van der Waals surface area contributed by atoms with Gasteiger partial charge in [-0.25, -0.2) is 8.78 Å². The van der Waals surface area contributed by atoms with Crippen LogP contribution < -0.4 is 10.1 Å². The molecule has 0 aromatic heterocycles. The van der Waals surface area contributed by atoms with E-state index in [9.17, 15) is 13.6 Å². The number of carbonyl (C=O) groups excluding carboxylic acids is 1. The Morgan fingerprint density at radius 1 is 1.04 bits per heavy atom. The summed E-state index contributed by atoms with van der Waals surface area (Å²) in [5, 5.41) is 2.76. The van der Waals surface area contributed by atoms with Gasteiger partial charge >= 0.3 is 0 Å². The van der Waals surface area contributed by atoms with Crippen molar-refractivity contribution < 1.29 is 18.3 Å². The van der Waals surface area contributed by atoms with Gasteiger partial charge in [0.05, 0.1) is 0 Å². The third-order valence-electron chi connectivity index (χ3n) is 4.75. The molecule has 1 saturated heterocycles. The van der Waals surface area contributed by atoms with Crippen molar-refractivity contribution in [2.24, 2.45) is 0 Å². The molecule has 1 aliphatic heterocycles. The van der Waals surface area contributed by atoms with Gasteiger partial charge in [-0.3, -0.25) is 4.79 Å². The lowest BCUT2D eigenvalue weighted by Gasteiger charge is -2.32. The summed E-state index contributed by atoms with van der Waals surface area (Å²) in [6.07, 6.45) is 1.96. The zero-order valence-electron chi connectivity index (χ0n) is 15.2. The molecule has 2 aromatic carbocycles. The molecule has 1 fully saturated rings. The first-order valence-corrected chi connectivity index (χ1v) is 9.25. The predicted molar refractivity (Wildman–Crippen MR) is 99.4 cm³/mol. The standard InChI is InChI=1S/C21H24F2N2O2/c22-18-6-2-1-5-16(18)15-24-21(26)11-14-25-12-9-17(10-13-25)27-20-8-4-3-7-19(20)23/h1-8,17H,9-15H2,(H,24,26). The smallest absolute Gasteiger partial charge is 0.221 e. The molecule has 0 unspecified atom stereocenters. The summed E-state index contributed by atoms with van der Waals surface area (Å²) in [7, 11) is 0. The van der Waals surface area contributed by atoms with Gasteiger partial charge in [0.15, 0.2) is 11.6 Å². The second-order valence-electron chi connectivity index (χ2n) is 6.71. The second-order valence-corrected chi connectivity index (χ2v) is 6.71. The lowest BCUT2D eigenvalue weighted by Crippen LogP contribution is -2.40. The van der Waals surface area contributed by atoms with Crippen LogP contribution in [0.5, 0.6) is 5.75 Å². The van der Waals surface area contributed by atoms with Crippen LogP contribution in [-0.4, -0.2) is 36.5 Å². The number of para-hydroxylation sites is 1. The Balaban J connectivity index is 1.35. The molecular weight excluding hydrogens is 350 g/mol. The normalized spacial score (nSPS) is 15.5. The highest BCUT2D eigenvalue weighted by Crippen LogP contribution is 2.21. The quantitative estimate of drug-likeness (QED) is 0.806. The Kier molecular flexibility index (Phi) is 6.76. The van der Waals surface area contributed by atoms with Crippen molar-refractivity contribution in [3.63, 3.8) is 0 Å². The summed E-state index contributed by atoms with van der Waals surface area (Å²) >= 11 is 0. The number of hydrogen-bond acceptors (Lipinski definition) is 3. The molecule has 2 aromatic rings. The molecule has 0 aliphatic carbocycles. The lowest BCUT2D eigenvalue weighted by atomic mass is 10.1. The number of halogens is 2. The maximum absolute atomic E-state index is 13.6. The van der Waals surface area contributed by atoms with Crippen molar-refractivity contribution in [3.05, 3.63) is 65.7 Å². The summed E-state index contributed by atoms with van der Waals surface area (Å²) in [5.41, 5.74) is 0.483. The van der Waals surface area contributed by atoms with Crippen molar-refractivity contribution in [1.82, 2.24) is 10.2 Å². The van der Waals surface area contributed by atoms with Gasteiger partial charge in [-0.05, 0) is 31.0 Å². The van der Waals surface area contributed by atoms with Crippen LogP contribution in [0.25, 0.3) is 0 Å². The number of ether oxygens (including phenoxy) is 1. The fraction of sp³-hybridized carbons (Fsp3) is 0.381. The molecule has 1 aliphatic rings. The maximum atomic E-state index is 13.6. The van der Waals surface area contributed by atoms with Crippen LogP contribution in [0, 0.1) is 11.6 Å². The van der Waals surface area contributed by atoms with E-state index in [1.165, 1.54) is 12.1 Å². The zero-order valence-corrected chi connectivity index (χ0v) is 15.2. The summed E-state index contributed by atoms with van der Waals surface area (Å²) in [4.78, 5) is 14.2. The topological polar surface area (TPSA) is 41.6 Å². The molecule has 4 nitrogen and oxygen atoms in total. The molecule has 1 N–H and O–H groups in total. The van der Waals surface area contributed by atoms with E-state index >= 15 is 0 Å². The molecule has 0 radical (unpaired) electrons. The second kappa shape index (κ2) is 9.46. The largest absolute Gasteiger partial charge is 0.487 e. The third-order valence-corrected chi connectivity index (χ3v) is 4.75. The van der Waals surface area contributed by atoms with Crippen LogP contribution in [0.2, 0.25) is 0 Å². The molecule has 144 valence electrons. The van der Waals surface area contributed by atoms with Gasteiger partial charge in [-0.2, -0.15) is 0 Å².